The molecule has 0 saturated heterocycles. The van der Waals surface area contributed by atoms with Crippen molar-refractivity contribution in [2.75, 3.05) is 10.2 Å². The first-order valence-corrected chi connectivity index (χ1v) is 10.1. The minimum absolute atomic E-state index is 0.704. The Morgan fingerprint density at radius 3 is 2.07 bits per heavy atom. The Labute approximate surface area is 176 Å². The molecule has 0 atom stereocenters. The van der Waals surface area contributed by atoms with Crippen LogP contribution in [0.25, 0.3) is 5.69 Å². The van der Waals surface area contributed by atoms with Crippen LogP contribution in [0.2, 0.25) is 0 Å². The third-order valence-electron chi connectivity index (χ3n) is 5.32. The van der Waals surface area contributed by atoms with Crippen LogP contribution in [0.15, 0.2) is 89.9 Å². The molecule has 0 bridgehead atoms. The molecule has 1 aliphatic heterocycles. The highest BCUT2D eigenvalue weighted by Crippen LogP contribution is 2.34. The lowest BCUT2D eigenvalue weighted by atomic mass is 10.1. The number of aliphatic imine (C=N–C) groups is 1. The summed E-state index contributed by atoms with van der Waals surface area (Å²) < 4.78 is 1.93. The van der Waals surface area contributed by atoms with Crippen molar-refractivity contribution in [1.29, 1.82) is 0 Å². The van der Waals surface area contributed by atoms with Crippen molar-refractivity contribution in [3.8, 4) is 5.69 Å². The standard InChI is InChI=1S/C25H23N5/c1-18-13-15-20(16-14-18)26-25-27-24-23(17-29(25)21-9-5-3-6-10-21)19(2)28-30(24)22-11-7-4-8-12-22/h3-16H,17H2,1-2H3,(H,26,27). The molecule has 0 aliphatic carbocycles. The van der Waals surface area contributed by atoms with E-state index in [1.807, 2.05) is 28.9 Å². The van der Waals surface area contributed by atoms with E-state index in [2.05, 4.69) is 84.7 Å². The Morgan fingerprint density at radius 2 is 1.40 bits per heavy atom. The summed E-state index contributed by atoms with van der Waals surface area (Å²) in [4.78, 5) is 7.25. The van der Waals surface area contributed by atoms with Gasteiger partial charge >= 0.3 is 0 Å². The predicted molar refractivity (Wildman–Crippen MR) is 123 cm³/mol. The number of hydrogen-bond donors (Lipinski definition) is 1. The number of aryl methyl sites for hydroxylation is 2. The average molecular weight is 393 g/mol. The molecule has 1 aromatic heterocycles. The molecule has 30 heavy (non-hydrogen) atoms. The molecule has 5 rings (SSSR count). The summed E-state index contributed by atoms with van der Waals surface area (Å²) >= 11 is 0. The van der Waals surface area contributed by atoms with E-state index in [1.54, 1.807) is 0 Å². The highest BCUT2D eigenvalue weighted by molar-refractivity contribution is 6.07. The van der Waals surface area contributed by atoms with Gasteiger partial charge in [0, 0.05) is 16.9 Å². The maximum Gasteiger partial charge on any atom is 0.210 e. The summed E-state index contributed by atoms with van der Waals surface area (Å²) in [6.07, 6.45) is 0. The largest absolute Gasteiger partial charge is 0.326 e. The fraction of sp³-hybridized carbons (Fsp3) is 0.120. The smallest absolute Gasteiger partial charge is 0.210 e. The highest BCUT2D eigenvalue weighted by atomic mass is 15.4. The number of rotatable bonds is 3. The molecule has 0 fully saturated rings. The van der Waals surface area contributed by atoms with Gasteiger partial charge in [-0.05, 0) is 50.2 Å². The zero-order chi connectivity index (χ0) is 20.5. The van der Waals surface area contributed by atoms with Crippen LogP contribution in [-0.4, -0.2) is 15.7 Å². The molecule has 0 unspecified atom stereocenters. The number of benzene rings is 3. The molecule has 0 amide bonds. The number of fused-ring (bicyclic) bond motifs is 1. The summed E-state index contributed by atoms with van der Waals surface area (Å²) in [5.74, 6) is 1.66. The number of anilines is 2. The minimum atomic E-state index is 0.704. The zero-order valence-electron chi connectivity index (χ0n) is 17.1. The van der Waals surface area contributed by atoms with Gasteiger partial charge in [-0.25, -0.2) is 4.68 Å². The van der Waals surface area contributed by atoms with Crippen LogP contribution in [0.5, 0.6) is 0 Å². The summed E-state index contributed by atoms with van der Waals surface area (Å²) in [7, 11) is 0. The molecular weight excluding hydrogens is 370 g/mol. The van der Waals surface area contributed by atoms with Crippen molar-refractivity contribution in [3.05, 3.63) is 102 Å². The third kappa shape index (κ3) is 3.35. The van der Waals surface area contributed by atoms with Crippen molar-refractivity contribution in [3.63, 3.8) is 0 Å². The first kappa shape index (κ1) is 18.2. The number of hydrogen-bond acceptors (Lipinski definition) is 4. The van der Waals surface area contributed by atoms with Crippen LogP contribution in [0, 0.1) is 13.8 Å². The lowest BCUT2D eigenvalue weighted by Crippen LogP contribution is -2.38. The van der Waals surface area contributed by atoms with Gasteiger partial charge in [0.25, 0.3) is 0 Å². The van der Waals surface area contributed by atoms with E-state index in [9.17, 15) is 0 Å². The zero-order valence-corrected chi connectivity index (χ0v) is 17.1. The molecule has 4 aromatic rings. The van der Waals surface area contributed by atoms with E-state index in [0.717, 1.165) is 40.1 Å². The Balaban J connectivity index is 1.62. The monoisotopic (exact) mass is 393 g/mol. The van der Waals surface area contributed by atoms with Crippen LogP contribution < -0.4 is 10.2 Å². The van der Waals surface area contributed by atoms with E-state index in [-0.39, 0.29) is 0 Å². The van der Waals surface area contributed by atoms with Crippen molar-refractivity contribution < 1.29 is 0 Å². The van der Waals surface area contributed by atoms with Crippen LogP contribution in [0.4, 0.5) is 17.2 Å². The van der Waals surface area contributed by atoms with Gasteiger partial charge in [-0.1, -0.05) is 54.1 Å². The minimum Gasteiger partial charge on any atom is -0.326 e. The van der Waals surface area contributed by atoms with Gasteiger partial charge < -0.3 is 10.2 Å². The molecule has 5 heteroatoms. The molecule has 0 radical (unpaired) electrons. The first-order chi connectivity index (χ1) is 14.7. The third-order valence-corrected chi connectivity index (χ3v) is 5.32. The Morgan fingerprint density at radius 1 is 0.767 bits per heavy atom. The molecule has 0 saturated carbocycles. The van der Waals surface area contributed by atoms with E-state index in [0.29, 0.717) is 6.54 Å². The van der Waals surface area contributed by atoms with Crippen molar-refractivity contribution >= 4 is 23.2 Å². The van der Waals surface area contributed by atoms with E-state index >= 15 is 0 Å². The first-order valence-electron chi connectivity index (χ1n) is 10.1. The molecule has 1 N–H and O–H groups in total. The normalized spacial score (nSPS) is 13.0. The number of nitrogens with zero attached hydrogens (tertiary/aromatic N) is 4. The summed E-state index contributed by atoms with van der Waals surface area (Å²) in [5, 5.41) is 8.32. The van der Waals surface area contributed by atoms with Gasteiger partial charge in [0.05, 0.1) is 17.9 Å². The average Bonchev–Trinajstić information content (AvgIpc) is 3.11. The highest BCUT2D eigenvalue weighted by Gasteiger charge is 2.27. The maximum absolute atomic E-state index is 5.05. The van der Waals surface area contributed by atoms with E-state index in [1.165, 1.54) is 5.56 Å². The fourth-order valence-corrected chi connectivity index (χ4v) is 3.67. The van der Waals surface area contributed by atoms with Gasteiger partial charge in [-0.2, -0.15) is 10.1 Å². The summed E-state index contributed by atoms with van der Waals surface area (Å²) in [6, 6.07) is 28.9. The van der Waals surface area contributed by atoms with Gasteiger partial charge in [0.1, 0.15) is 0 Å². The van der Waals surface area contributed by atoms with Crippen LogP contribution >= 0.6 is 0 Å². The van der Waals surface area contributed by atoms with Crippen LogP contribution in [0.3, 0.4) is 0 Å². The molecule has 5 nitrogen and oxygen atoms in total. The van der Waals surface area contributed by atoms with Crippen LogP contribution in [0.1, 0.15) is 16.8 Å². The molecular formula is C25H23N5. The number of nitrogens with one attached hydrogen (secondary N) is 1. The molecule has 148 valence electrons. The predicted octanol–water partition coefficient (Wildman–Crippen LogP) is 5.61. The number of aromatic nitrogens is 2. The topological polar surface area (TPSA) is 45.5 Å². The van der Waals surface area contributed by atoms with Crippen molar-refractivity contribution in [1.82, 2.24) is 9.78 Å². The Bertz CT molecular complexity index is 1190. The molecule has 0 spiro atoms. The fourth-order valence-electron chi connectivity index (χ4n) is 3.67. The lowest BCUT2D eigenvalue weighted by Gasteiger charge is -2.30. The second kappa shape index (κ2) is 7.52. The summed E-state index contributed by atoms with van der Waals surface area (Å²) in [6.45, 7) is 4.84. The van der Waals surface area contributed by atoms with Gasteiger partial charge in [0.2, 0.25) is 5.96 Å². The Kier molecular flexibility index (Phi) is 4.56. The number of guanidine groups is 1. The van der Waals surface area contributed by atoms with Crippen molar-refractivity contribution in [2.45, 2.75) is 20.4 Å². The SMILES string of the molecule is Cc1ccc(NC2=Nc3c(c(C)nn3-c3ccccc3)CN2c2ccccc2)cc1. The second-order valence-corrected chi connectivity index (χ2v) is 7.48. The molecule has 2 heterocycles. The molecule has 1 aliphatic rings. The lowest BCUT2D eigenvalue weighted by molar-refractivity contribution is 0.860. The van der Waals surface area contributed by atoms with E-state index < -0.39 is 0 Å². The maximum atomic E-state index is 5.05. The van der Waals surface area contributed by atoms with Crippen molar-refractivity contribution in [2.24, 2.45) is 4.99 Å². The quantitative estimate of drug-likeness (QED) is 0.492. The second-order valence-electron chi connectivity index (χ2n) is 7.48. The summed E-state index contributed by atoms with van der Waals surface area (Å²) in [5.41, 5.74) is 6.46. The Hall–Kier alpha value is -3.86. The van der Waals surface area contributed by atoms with Gasteiger partial charge in [0.15, 0.2) is 5.82 Å². The van der Waals surface area contributed by atoms with Crippen LogP contribution in [-0.2, 0) is 6.54 Å². The van der Waals surface area contributed by atoms with E-state index in [4.69, 9.17) is 10.1 Å². The molecule has 3 aromatic carbocycles. The van der Waals surface area contributed by atoms with Gasteiger partial charge in [-0.3, -0.25) is 0 Å². The van der Waals surface area contributed by atoms with Gasteiger partial charge in [-0.15, -0.1) is 0 Å². The number of para-hydroxylation sites is 2.